The van der Waals surface area contributed by atoms with Gasteiger partial charge in [0.1, 0.15) is 0 Å². The summed E-state index contributed by atoms with van der Waals surface area (Å²) in [5, 5.41) is 19.2. The minimum atomic E-state index is -0.536. The Bertz CT molecular complexity index is 952. The topological polar surface area (TPSA) is 96.6 Å². The Morgan fingerprint density at radius 3 is 2.44 bits per heavy atom. The Balaban J connectivity index is 1.59. The Hall–Kier alpha value is -3.74. The van der Waals surface area contributed by atoms with Crippen molar-refractivity contribution in [1.29, 1.82) is 0 Å². The first-order valence-electron chi connectivity index (χ1n) is 7.45. The van der Waals surface area contributed by atoms with Gasteiger partial charge in [0.05, 0.1) is 11.1 Å². The second kappa shape index (κ2) is 7.22. The summed E-state index contributed by atoms with van der Waals surface area (Å²) in [5.41, 5.74) is 3.60. The maximum atomic E-state index is 11.8. The van der Waals surface area contributed by atoms with Gasteiger partial charge < -0.3 is 5.32 Å². The number of carbonyl (C=O) groups excluding carboxylic acids is 1. The van der Waals surface area contributed by atoms with Gasteiger partial charge >= 0.3 is 6.03 Å². The third-order valence-electron chi connectivity index (χ3n) is 3.49. The molecule has 0 bridgehead atoms. The molecule has 0 spiro atoms. The average molecular weight is 334 g/mol. The number of hydrogen-bond acceptors (Lipinski definition) is 4. The molecular weight excluding hydrogens is 320 g/mol. The van der Waals surface area contributed by atoms with E-state index in [4.69, 9.17) is 0 Å². The van der Waals surface area contributed by atoms with Crippen LogP contribution < -0.4 is 10.7 Å². The molecule has 0 heterocycles. The molecule has 2 N–H and O–H groups in total. The van der Waals surface area contributed by atoms with Crippen molar-refractivity contribution in [3.05, 3.63) is 82.4 Å². The van der Waals surface area contributed by atoms with Crippen LogP contribution in [-0.2, 0) is 0 Å². The van der Waals surface area contributed by atoms with Crippen LogP contribution in [0.2, 0.25) is 0 Å². The van der Waals surface area contributed by atoms with Crippen molar-refractivity contribution in [3.63, 3.8) is 0 Å². The summed E-state index contributed by atoms with van der Waals surface area (Å²) in [6, 6.07) is 18.8. The van der Waals surface area contributed by atoms with Gasteiger partial charge in [0.25, 0.3) is 5.69 Å². The number of nitrogens with zero attached hydrogens (tertiary/aromatic N) is 2. The molecule has 2 amide bonds. The fourth-order valence-electron chi connectivity index (χ4n) is 2.28. The quantitative estimate of drug-likeness (QED) is 0.430. The number of carbonyl (C=O) groups is 1. The van der Waals surface area contributed by atoms with E-state index >= 15 is 0 Å². The fourth-order valence-corrected chi connectivity index (χ4v) is 2.28. The Morgan fingerprint density at radius 2 is 1.72 bits per heavy atom. The van der Waals surface area contributed by atoms with Crippen LogP contribution in [0, 0.1) is 10.1 Å². The fraction of sp³-hybridized carbons (Fsp3) is 0. The van der Waals surface area contributed by atoms with Crippen LogP contribution in [0.4, 0.5) is 16.2 Å². The van der Waals surface area contributed by atoms with Gasteiger partial charge in [-0.25, -0.2) is 10.2 Å². The van der Waals surface area contributed by atoms with Crippen LogP contribution in [0.15, 0.2) is 71.8 Å². The Kier molecular flexibility index (Phi) is 4.66. The number of benzene rings is 3. The van der Waals surface area contributed by atoms with E-state index in [0.717, 1.165) is 16.3 Å². The van der Waals surface area contributed by atoms with Gasteiger partial charge in [-0.2, -0.15) is 5.10 Å². The minimum absolute atomic E-state index is 0.0414. The maximum Gasteiger partial charge on any atom is 0.339 e. The van der Waals surface area contributed by atoms with E-state index in [1.54, 1.807) is 6.21 Å². The van der Waals surface area contributed by atoms with Gasteiger partial charge in [0.15, 0.2) is 0 Å². The molecule has 25 heavy (non-hydrogen) atoms. The molecule has 3 rings (SSSR count). The number of amides is 2. The van der Waals surface area contributed by atoms with Crippen molar-refractivity contribution in [2.24, 2.45) is 5.10 Å². The predicted molar refractivity (Wildman–Crippen MR) is 96.8 cm³/mol. The minimum Gasteiger partial charge on any atom is -0.307 e. The molecule has 3 aromatic rings. The molecule has 0 fully saturated rings. The van der Waals surface area contributed by atoms with Crippen LogP contribution in [0.25, 0.3) is 10.8 Å². The molecule has 0 unspecified atom stereocenters. The number of fused-ring (bicyclic) bond motifs is 1. The monoisotopic (exact) mass is 334 g/mol. The number of hydrazone groups is 1. The standard InChI is InChI=1S/C18H14N4O3/c23-18(20-16-7-9-17(10-8-16)22(24)25)21-19-12-13-5-6-14-3-1-2-4-15(14)11-13/h1-12H,(H2,20,21,23). The highest BCUT2D eigenvalue weighted by atomic mass is 16.6. The summed E-state index contributed by atoms with van der Waals surface area (Å²) in [6.45, 7) is 0. The van der Waals surface area contributed by atoms with Crippen LogP contribution in [0.5, 0.6) is 0 Å². The lowest BCUT2D eigenvalue weighted by Gasteiger charge is -2.03. The van der Waals surface area contributed by atoms with E-state index in [0.29, 0.717) is 5.69 Å². The molecular formula is C18H14N4O3. The number of rotatable bonds is 4. The highest BCUT2D eigenvalue weighted by Crippen LogP contribution is 2.15. The lowest BCUT2D eigenvalue weighted by molar-refractivity contribution is -0.384. The largest absolute Gasteiger partial charge is 0.339 e. The van der Waals surface area contributed by atoms with Crippen molar-refractivity contribution in [2.45, 2.75) is 0 Å². The van der Waals surface area contributed by atoms with Crippen LogP contribution in [-0.4, -0.2) is 17.2 Å². The molecule has 0 atom stereocenters. The number of nitrogens with one attached hydrogen (secondary N) is 2. The maximum absolute atomic E-state index is 11.8. The SMILES string of the molecule is O=C(NN=Cc1ccc2ccccc2c1)Nc1ccc([N+](=O)[O-])cc1. The van der Waals surface area contributed by atoms with Gasteiger partial charge in [-0.3, -0.25) is 10.1 Å². The van der Waals surface area contributed by atoms with E-state index < -0.39 is 11.0 Å². The molecule has 7 nitrogen and oxygen atoms in total. The first-order valence-corrected chi connectivity index (χ1v) is 7.45. The van der Waals surface area contributed by atoms with Gasteiger partial charge in [0.2, 0.25) is 0 Å². The summed E-state index contributed by atoms with van der Waals surface area (Å²) in [4.78, 5) is 21.8. The highest BCUT2D eigenvalue weighted by Gasteiger charge is 2.05. The van der Waals surface area contributed by atoms with Crippen LogP contribution in [0.1, 0.15) is 5.56 Å². The van der Waals surface area contributed by atoms with E-state index in [1.807, 2.05) is 42.5 Å². The van der Waals surface area contributed by atoms with E-state index in [1.165, 1.54) is 24.3 Å². The molecule has 0 aromatic heterocycles. The summed E-state index contributed by atoms with van der Waals surface area (Å²) < 4.78 is 0. The normalized spacial score (nSPS) is 10.7. The Morgan fingerprint density at radius 1 is 1.00 bits per heavy atom. The number of urea groups is 1. The van der Waals surface area contributed by atoms with E-state index in [2.05, 4.69) is 15.8 Å². The zero-order valence-corrected chi connectivity index (χ0v) is 13.0. The first kappa shape index (κ1) is 16.1. The number of nitro benzene ring substituents is 1. The van der Waals surface area contributed by atoms with Crippen LogP contribution >= 0.6 is 0 Å². The smallest absolute Gasteiger partial charge is 0.307 e. The molecule has 0 aliphatic carbocycles. The highest BCUT2D eigenvalue weighted by molar-refractivity contribution is 5.92. The summed E-state index contributed by atoms with van der Waals surface area (Å²) in [5.74, 6) is 0. The molecule has 7 heteroatoms. The van der Waals surface area contributed by atoms with Crippen molar-refractivity contribution >= 4 is 34.4 Å². The van der Waals surface area contributed by atoms with Crippen molar-refractivity contribution in [1.82, 2.24) is 5.43 Å². The molecule has 3 aromatic carbocycles. The first-order chi connectivity index (χ1) is 12.1. The molecule has 0 saturated carbocycles. The van der Waals surface area contributed by atoms with Gasteiger partial charge in [-0.1, -0.05) is 36.4 Å². The molecule has 0 radical (unpaired) electrons. The van der Waals surface area contributed by atoms with Crippen LogP contribution in [0.3, 0.4) is 0 Å². The lowest BCUT2D eigenvalue weighted by atomic mass is 10.1. The van der Waals surface area contributed by atoms with Crippen molar-refractivity contribution in [2.75, 3.05) is 5.32 Å². The zero-order valence-electron chi connectivity index (χ0n) is 13.0. The summed E-state index contributed by atoms with van der Waals surface area (Å²) in [6.07, 6.45) is 1.54. The van der Waals surface area contributed by atoms with Gasteiger partial charge in [0, 0.05) is 17.8 Å². The molecule has 0 aliphatic rings. The van der Waals surface area contributed by atoms with Crippen molar-refractivity contribution < 1.29 is 9.72 Å². The molecule has 0 saturated heterocycles. The summed E-state index contributed by atoms with van der Waals surface area (Å²) >= 11 is 0. The number of non-ortho nitro benzene ring substituents is 1. The second-order valence-corrected chi connectivity index (χ2v) is 5.23. The molecule has 124 valence electrons. The average Bonchev–Trinajstić information content (AvgIpc) is 2.62. The van der Waals surface area contributed by atoms with Crippen molar-refractivity contribution in [3.8, 4) is 0 Å². The second-order valence-electron chi connectivity index (χ2n) is 5.23. The third kappa shape index (κ3) is 4.17. The number of hydrogen-bond donors (Lipinski definition) is 2. The summed E-state index contributed by atoms with van der Waals surface area (Å²) in [7, 11) is 0. The lowest BCUT2D eigenvalue weighted by Crippen LogP contribution is -2.24. The number of anilines is 1. The van der Waals surface area contributed by atoms with Gasteiger partial charge in [-0.05, 0) is 34.5 Å². The van der Waals surface area contributed by atoms with E-state index in [9.17, 15) is 14.9 Å². The molecule has 0 aliphatic heterocycles. The van der Waals surface area contributed by atoms with E-state index in [-0.39, 0.29) is 5.69 Å². The Labute approximate surface area is 143 Å². The van der Waals surface area contributed by atoms with Gasteiger partial charge in [-0.15, -0.1) is 0 Å². The number of nitro groups is 1. The third-order valence-corrected chi connectivity index (χ3v) is 3.49. The zero-order chi connectivity index (χ0) is 17.6. The predicted octanol–water partition coefficient (Wildman–Crippen LogP) is 3.90.